The average Bonchev–Trinajstić information content (AvgIpc) is 3.36. The predicted octanol–water partition coefficient (Wildman–Crippen LogP) is 3.86. The second kappa shape index (κ2) is 10.8. The third kappa shape index (κ3) is 5.81. The van der Waals surface area contributed by atoms with E-state index in [-0.39, 0.29) is 12.6 Å². The molecule has 2 aromatic rings. The standard InChI is InChI=1S/C26H26N2O7/c1-18(24(29)20-10-11-22-23(13-20)33-16-32-22)27(2)26(31)35-17-34-25(30)21-9-6-12-28(15-21)14-19-7-4-3-5-8-19/h3-8,10-13,15,18H,9,14,16-17H2,1-2H3. The van der Waals surface area contributed by atoms with Crippen molar-refractivity contribution in [2.75, 3.05) is 20.6 Å². The molecule has 0 saturated carbocycles. The van der Waals surface area contributed by atoms with Gasteiger partial charge in [0.15, 0.2) is 17.3 Å². The van der Waals surface area contributed by atoms with Crippen molar-refractivity contribution in [2.24, 2.45) is 0 Å². The van der Waals surface area contributed by atoms with Gasteiger partial charge in [0.25, 0.3) is 0 Å². The Labute approximate surface area is 203 Å². The average molecular weight is 479 g/mol. The number of likely N-dealkylation sites (N-methyl/N-ethyl adjacent to an activating group) is 1. The van der Waals surface area contributed by atoms with E-state index in [1.807, 2.05) is 47.5 Å². The Morgan fingerprint density at radius 2 is 1.83 bits per heavy atom. The fraction of sp³-hybridized carbons (Fsp3) is 0.269. The zero-order chi connectivity index (χ0) is 24.8. The number of nitrogens with zero attached hydrogens (tertiary/aromatic N) is 2. The number of hydrogen-bond acceptors (Lipinski definition) is 8. The molecule has 1 atom stereocenters. The lowest BCUT2D eigenvalue weighted by atomic mass is 10.0. The van der Waals surface area contributed by atoms with E-state index in [1.54, 1.807) is 31.3 Å². The number of esters is 1. The van der Waals surface area contributed by atoms with Crippen molar-refractivity contribution in [2.45, 2.75) is 25.9 Å². The predicted molar refractivity (Wildman–Crippen MR) is 125 cm³/mol. The number of amides is 1. The minimum absolute atomic E-state index is 0.103. The summed E-state index contributed by atoms with van der Waals surface area (Å²) >= 11 is 0. The summed E-state index contributed by atoms with van der Waals surface area (Å²) in [5, 5.41) is 0. The van der Waals surface area contributed by atoms with Crippen LogP contribution in [0.5, 0.6) is 11.5 Å². The molecular weight excluding hydrogens is 452 g/mol. The van der Waals surface area contributed by atoms with Crippen LogP contribution < -0.4 is 9.47 Å². The maximum atomic E-state index is 12.8. The first-order valence-electron chi connectivity index (χ1n) is 11.1. The molecule has 2 aromatic carbocycles. The summed E-state index contributed by atoms with van der Waals surface area (Å²) in [6, 6.07) is 13.9. The van der Waals surface area contributed by atoms with Crippen molar-refractivity contribution >= 4 is 17.8 Å². The zero-order valence-electron chi connectivity index (χ0n) is 19.5. The molecule has 0 bridgehead atoms. The maximum absolute atomic E-state index is 12.8. The minimum atomic E-state index is -0.809. The van der Waals surface area contributed by atoms with Gasteiger partial charge in [0.2, 0.25) is 13.6 Å². The van der Waals surface area contributed by atoms with Gasteiger partial charge in [0.1, 0.15) is 0 Å². The molecule has 182 valence electrons. The second-order valence-electron chi connectivity index (χ2n) is 8.08. The number of rotatable bonds is 8. The Bertz CT molecular complexity index is 1160. The van der Waals surface area contributed by atoms with Crippen LogP contribution in [0, 0.1) is 0 Å². The van der Waals surface area contributed by atoms with E-state index in [1.165, 1.54) is 7.05 Å². The molecule has 0 fully saturated rings. The lowest BCUT2D eigenvalue weighted by Gasteiger charge is -2.23. The molecule has 0 N–H and O–H groups in total. The lowest BCUT2D eigenvalue weighted by molar-refractivity contribution is -0.147. The molecule has 0 saturated heterocycles. The van der Waals surface area contributed by atoms with Gasteiger partial charge in [-0.15, -0.1) is 0 Å². The van der Waals surface area contributed by atoms with E-state index in [9.17, 15) is 14.4 Å². The lowest BCUT2D eigenvalue weighted by Crippen LogP contribution is -2.41. The van der Waals surface area contributed by atoms with Gasteiger partial charge < -0.3 is 28.7 Å². The van der Waals surface area contributed by atoms with E-state index in [0.717, 1.165) is 10.5 Å². The molecule has 2 aliphatic rings. The summed E-state index contributed by atoms with van der Waals surface area (Å²) in [7, 11) is 1.44. The molecule has 1 amide bonds. The molecule has 4 rings (SSSR count). The molecule has 0 radical (unpaired) electrons. The summed E-state index contributed by atoms with van der Waals surface area (Å²) in [6.07, 6.45) is 5.11. The quantitative estimate of drug-likeness (QED) is 0.321. The Morgan fingerprint density at radius 1 is 1.06 bits per heavy atom. The van der Waals surface area contributed by atoms with E-state index < -0.39 is 24.9 Å². The number of Topliss-reactive ketones (excluding diaryl/α,β-unsaturated/α-hetero) is 1. The van der Waals surface area contributed by atoms with Crippen LogP contribution in [0.3, 0.4) is 0 Å². The van der Waals surface area contributed by atoms with Crippen molar-refractivity contribution in [3.63, 3.8) is 0 Å². The molecule has 9 nitrogen and oxygen atoms in total. The van der Waals surface area contributed by atoms with Gasteiger partial charge in [-0.1, -0.05) is 36.4 Å². The molecule has 0 spiro atoms. The van der Waals surface area contributed by atoms with Crippen LogP contribution in [0.15, 0.2) is 72.6 Å². The van der Waals surface area contributed by atoms with Crippen molar-refractivity contribution in [3.8, 4) is 11.5 Å². The van der Waals surface area contributed by atoms with Gasteiger partial charge in [0, 0.05) is 38.0 Å². The maximum Gasteiger partial charge on any atom is 0.413 e. The fourth-order valence-corrected chi connectivity index (χ4v) is 3.59. The molecule has 2 heterocycles. The highest BCUT2D eigenvalue weighted by Gasteiger charge is 2.26. The van der Waals surface area contributed by atoms with Gasteiger partial charge in [-0.2, -0.15) is 0 Å². The fourth-order valence-electron chi connectivity index (χ4n) is 3.59. The minimum Gasteiger partial charge on any atom is -0.454 e. The number of fused-ring (bicyclic) bond motifs is 1. The van der Waals surface area contributed by atoms with Crippen LogP contribution in [0.25, 0.3) is 0 Å². The smallest absolute Gasteiger partial charge is 0.413 e. The zero-order valence-corrected chi connectivity index (χ0v) is 19.5. The summed E-state index contributed by atoms with van der Waals surface area (Å²) in [4.78, 5) is 40.7. The van der Waals surface area contributed by atoms with Gasteiger partial charge in [-0.05, 0) is 30.7 Å². The topological polar surface area (TPSA) is 94.6 Å². The molecule has 35 heavy (non-hydrogen) atoms. The van der Waals surface area contributed by atoms with Crippen molar-refractivity contribution in [1.29, 1.82) is 0 Å². The molecule has 9 heteroatoms. The Hall–Kier alpha value is -4.27. The molecule has 2 aliphatic heterocycles. The number of carbonyl (C=O) groups is 3. The van der Waals surface area contributed by atoms with Crippen LogP contribution >= 0.6 is 0 Å². The van der Waals surface area contributed by atoms with Crippen LogP contribution in [-0.2, 0) is 20.8 Å². The normalized spacial score (nSPS) is 14.7. The third-order valence-electron chi connectivity index (χ3n) is 5.70. The highest BCUT2D eigenvalue weighted by Crippen LogP contribution is 2.33. The first kappa shape index (κ1) is 23.9. The summed E-state index contributed by atoms with van der Waals surface area (Å²) in [5.74, 6) is 0.176. The monoisotopic (exact) mass is 478 g/mol. The second-order valence-corrected chi connectivity index (χ2v) is 8.08. The largest absolute Gasteiger partial charge is 0.454 e. The van der Waals surface area contributed by atoms with Gasteiger partial charge >= 0.3 is 12.1 Å². The molecular formula is C26H26N2O7. The number of ether oxygens (including phenoxy) is 4. The first-order chi connectivity index (χ1) is 16.9. The van der Waals surface area contributed by atoms with E-state index in [0.29, 0.717) is 35.6 Å². The van der Waals surface area contributed by atoms with Crippen molar-refractivity contribution in [3.05, 3.63) is 83.7 Å². The Balaban J connectivity index is 1.25. The highest BCUT2D eigenvalue weighted by atomic mass is 16.7. The Kier molecular flexibility index (Phi) is 7.35. The van der Waals surface area contributed by atoms with E-state index >= 15 is 0 Å². The van der Waals surface area contributed by atoms with Gasteiger partial charge in [-0.3, -0.25) is 4.79 Å². The summed E-state index contributed by atoms with van der Waals surface area (Å²) in [5.41, 5.74) is 1.92. The molecule has 1 unspecified atom stereocenters. The van der Waals surface area contributed by atoms with Gasteiger partial charge in [0.05, 0.1) is 11.6 Å². The van der Waals surface area contributed by atoms with Crippen molar-refractivity contribution < 1.29 is 33.3 Å². The van der Waals surface area contributed by atoms with E-state index in [2.05, 4.69) is 0 Å². The van der Waals surface area contributed by atoms with Crippen LogP contribution in [0.4, 0.5) is 4.79 Å². The number of carbonyl (C=O) groups excluding carboxylic acids is 3. The summed E-state index contributed by atoms with van der Waals surface area (Å²) < 4.78 is 20.7. The van der Waals surface area contributed by atoms with Crippen LogP contribution in [-0.4, -0.2) is 54.3 Å². The number of benzene rings is 2. The Morgan fingerprint density at radius 3 is 2.63 bits per heavy atom. The summed E-state index contributed by atoms with van der Waals surface area (Å²) in [6.45, 7) is 1.74. The number of ketones is 1. The SMILES string of the molecule is CC(C(=O)c1ccc2c(c1)OCO2)N(C)C(=O)OCOC(=O)C1=CN(Cc2ccccc2)C=CC1. The first-order valence-corrected chi connectivity index (χ1v) is 11.1. The van der Waals surface area contributed by atoms with Crippen LogP contribution in [0.2, 0.25) is 0 Å². The van der Waals surface area contributed by atoms with E-state index in [4.69, 9.17) is 18.9 Å². The molecule has 0 aromatic heterocycles. The third-order valence-corrected chi connectivity index (χ3v) is 5.70. The number of hydrogen-bond donors (Lipinski definition) is 0. The highest BCUT2D eigenvalue weighted by molar-refractivity contribution is 6.01. The van der Waals surface area contributed by atoms with Gasteiger partial charge in [-0.25, -0.2) is 9.59 Å². The number of allylic oxidation sites excluding steroid dienone is 1. The molecule has 0 aliphatic carbocycles. The van der Waals surface area contributed by atoms with Crippen LogP contribution in [0.1, 0.15) is 29.3 Å². The van der Waals surface area contributed by atoms with Crippen molar-refractivity contribution in [1.82, 2.24) is 9.80 Å².